The molecule has 1 atom stereocenters. The van der Waals surface area contributed by atoms with Crippen LogP contribution in [0.1, 0.15) is 19.9 Å². The topological polar surface area (TPSA) is 76.9 Å². The van der Waals surface area contributed by atoms with E-state index in [1.807, 2.05) is 0 Å². The number of carbonyl (C=O) groups is 1. The molecule has 1 aromatic heterocycles. The molecule has 1 heterocycles. The Kier molecular flexibility index (Phi) is 5.13. The minimum Gasteiger partial charge on any atom is -0.322 e. The van der Waals surface area contributed by atoms with Gasteiger partial charge in [0.2, 0.25) is 5.91 Å². The number of aromatic nitrogens is 3. The van der Waals surface area contributed by atoms with Crippen LogP contribution in [0.15, 0.2) is 51.7 Å². The quantitative estimate of drug-likeness (QED) is 0.702. The summed E-state index contributed by atoms with van der Waals surface area (Å²) < 4.78 is 15.6. The summed E-state index contributed by atoms with van der Waals surface area (Å²) in [5, 5.41) is 10.8. The molecule has 26 heavy (non-hydrogen) atoms. The van der Waals surface area contributed by atoms with Gasteiger partial charge in [0.05, 0.1) is 11.1 Å². The van der Waals surface area contributed by atoms with Crippen molar-refractivity contribution in [1.82, 2.24) is 15.0 Å². The Bertz CT molecular complexity index is 1040. The van der Waals surface area contributed by atoms with E-state index in [1.54, 1.807) is 44.2 Å². The lowest BCUT2D eigenvalue weighted by atomic mass is 10.0. The van der Waals surface area contributed by atoms with Crippen molar-refractivity contribution in [2.75, 3.05) is 5.32 Å². The fourth-order valence-electron chi connectivity index (χ4n) is 2.68. The van der Waals surface area contributed by atoms with E-state index in [1.165, 1.54) is 12.1 Å². The molecule has 0 bridgehead atoms. The zero-order valence-corrected chi connectivity index (χ0v) is 15.7. The van der Waals surface area contributed by atoms with E-state index >= 15 is 0 Å². The molecule has 0 aliphatic rings. The molecule has 0 radical (unpaired) electrons. The first kappa shape index (κ1) is 18.2. The van der Waals surface area contributed by atoms with Crippen LogP contribution in [0, 0.1) is 11.7 Å². The van der Waals surface area contributed by atoms with Gasteiger partial charge < -0.3 is 5.32 Å². The van der Waals surface area contributed by atoms with Crippen LogP contribution in [0.5, 0.6) is 0 Å². The summed E-state index contributed by atoms with van der Waals surface area (Å²) in [5.74, 6) is -1.37. The largest absolute Gasteiger partial charge is 0.322 e. The van der Waals surface area contributed by atoms with Crippen LogP contribution in [-0.2, 0) is 4.79 Å². The smallest absolute Gasteiger partial charge is 0.278 e. The predicted octanol–water partition coefficient (Wildman–Crippen LogP) is 3.53. The van der Waals surface area contributed by atoms with E-state index in [2.05, 4.69) is 31.6 Å². The van der Waals surface area contributed by atoms with E-state index in [0.717, 1.165) is 4.68 Å². The van der Waals surface area contributed by atoms with Gasteiger partial charge in [-0.25, -0.2) is 4.39 Å². The number of hydrogen-bond acceptors (Lipinski definition) is 4. The van der Waals surface area contributed by atoms with Gasteiger partial charge in [-0.3, -0.25) is 9.59 Å². The average molecular weight is 419 g/mol. The Morgan fingerprint density at radius 3 is 2.65 bits per heavy atom. The highest BCUT2D eigenvalue weighted by Crippen LogP contribution is 2.23. The van der Waals surface area contributed by atoms with Crippen LogP contribution in [0.2, 0.25) is 0 Å². The molecule has 3 rings (SSSR count). The van der Waals surface area contributed by atoms with Gasteiger partial charge in [0, 0.05) is 4.47 Å². The number of carbonyl (C=O) groups excluding carboxylic acids is 1. The van der Waals surface area contributed by atoms with Crippen molar-refractivity contribution in [3.8, 4) is 0 Å². The molecular weight excluding hydrogens is 403 g/mol. The standard InChI is InChI=1S/C18H16BrFN4O2/c1-10(2)16(17(25)21-15-8-7-11(19)9-13(15)20)24-18(26)12-5-3-4-6-14(12)22-23-24/h3-10,16H,1-2H3,(H,21,25). The second-order valence-electron chi connectivity index (χ2n) is 6.16. The van der Waals surface area contributed by atoms with Crippen molar-refractivity contribution in [1.29, 1.82) is 0 Å². The Hall–Kier alpha value is -2.61. The lowest BCUT2D eigenvalue weighted by Gasteiger charge is -2.21. The maximum Gasteiger partial charge on any atom is 0.278 e. The van der Waals surface area contributed by atoms with E-state index < -0.39 is 23.3 Å². The van der Waals surface area contributed by atoms with Gasteiger partial charge in [-0.15, -0.1) is 5.10 Å². The third-order valence-corrected chi connectivity index (χ3v) is 4.44. The highest BCUT2D eigenvalue weighted by Gasteiger charge is 2.28. The third-order valence-electron chi connectivity index (χ3n) is 3.94. The predicted molar refractivity (Wildman–Crippen MR) is 100 cm³/mol. The van der Waals surface area contributed by atoms with Crippen LogP contribution in [0.4, 0.5) is 10.1 Å². The maximum absolute atomic E-state index is 14.0. The summed E-state index contributed by atoms with van der Waals surface area (Å²) in [7, 11) is 0. The molecule has 3 aromatic rings. The highest BCUT2D eigenvalue weighted by molar-refractivity contribution is 9.10. The second-order valence-corrected chi connectivity index (χ2v) is 7.07. The maximum atomic E-state index is 14.0. The number of nitrogens with zero attached hydrogens (tertiary/aromatic N) is 3. The van der Waals surface area contributed by atoms with Gasteiger partial charge in [0.25, 0.3) is 5.56 Å². The molecule has 0 fully saturated rings. The van der Waals surface area contributed by atoms with Crippen molar-refractivity contribution < 1.29 is 9.18 Å². The van der Waals surface area contributed by atoms with Crippen LogP contribution >= 0.6 is 15.9 Å². The SMILES string of the molecule is CC(C)C(C(=O)Nc1ccc(Br)cc1F)n1nnc2ccccc2c1=O. The van der Waals surface area contributed by atoms with Gasteiger partial charge in [-0.1, -0.05) is 47.1 Å². The van der Waals surface area contributed by atoms with Crippen molar-refractivity contribution in [3.63, 3.8) is 0 Å². The molecule has 8 heteroatoms. The molecule has 134 valence electrons. The molecule has 0 saturated heterocycles. The molecule has 2 aromatic carbocycles. The fraction of sp³-hybridized carbons (Fsp3) is 0.222. The molecule has 0 spiro atoms. The first-order valence-corrected chi connectivity index (χ1v) is 8.78. The minimum absolute atomic E-state index is 0.0330. The number of nitrogens with one attached hydrogen (secondary N) is 1. The summed E-state index contributed by atoms with van der Waals surface area (Å²) in [6.45, 7) is 3.57. The Balaban J connectivity index is 2.00. The lowest BCUT2D eigenvalue weighted by Crippen LogP contribution is -2.38. The third kappa shape index (κ3) is 3.50. The Morgan fingerprint density at radius 2 is 1.96 bits per heavy atom. The van der Waals surface area contributed by atoms with E-state index in [4.69, 9.17) is 0 Å². The fourth-order valence-corrected chi connectivity index (χ4v) is 3.01. The molecule has 0 saturated carbocycles. The van der Waals surface area contributed by atoms with Gasteiger partial charge in [-0.2, -0.15) is 4.68 Å². The summed E-state index contributed by atoms with van der Waals surface area (Å²) in [5.41, 5.74) is 0.0713. The van der Waals surface area contributed by atoms with Crippen LogP contribution in [-0.4, -0.2) is 20.9 Å². The summed E-state index contributed by atoms with van der Waals surface area (Å²) >= 11 is 3.17. The van der Waals surface area contributed by atoms with Crippen LogP contribution < -0.4 is 10.9 Å². The molecule has 0 aliphatic heterocycles. The summed E-state index contributed by atoms with van der Waals surface area (Å²) in [4.78, 5) is 25.5. The number of rotatable bonds is 4. The van der Waals surface area contributed by atoms with Gasteiger partial charge >= 0.3 is 0 Å². The van der Waals surface area contributed by atoms with E-state index in [-0.39, 0.29) is 11.6 Å². The highest BCUT2D eigenvalue weighted by atomic mass is 79.9. The van der Waals surface area contributed by atoms with Crippen molar-refractivity contribution in [3.05, 3.63) is 63.1 Å². The minimum atomic E-state index is -0.928. The van der Waals surface area contributed by atoms with Crippen molar-refractivity contribution >= 4 is 38.4 Å². The molecule has 0 aliphatic carbocycles. The van der Waals surface area contributed by atoms with Crippen LogP contribution in [0.3, 0.4) is 0 Å². The van der Waals surface area contributed by atoms with E-state index in [9.17, 15) is 14.0 Å². The normalized spacial score (nSPS) is 12.3. The number of benzene rings is 2. The van der Waals surface area contributed by atoms with Crippen LogP contribution in [0.25, 0.3) is 10.9 Å². The Morgan fingerprint density at radius 1 is 1.23 bits per heavy atom. The van der Waals surface area contributed by atoms with Crippen molar-refractivity contribution in [2.24, 2.45) is 5.92 Å². The molecule has 6 nitrogen and oxygen atoms in total. The first-order valence-electron chi connectivity index (χ1n) is 7.98. The first-order chi connectivity index (χ1) is 12.4. The monoisotopic (exact) mass is 418 g/mol. The summed E-state index contributed by atoms with van der Waals surface area (Å²) in [6.07, 6.45) is 0. The van der Waals surface area contributed by atoms with Gasteiger partial charge in [-0.05, 0) is 36.2 Å². The number of fused-ring (bicyclic) bond motifs is 1. The second kappa shape index (κ2) is 7.33. The zero-order valence-electron chi connectivity index (χ0n) is 14.1. The number of amides is 1. The summed E-state index contributed by atoms with van der Waals surface area (Å²) in [6, 6.07) is 10.2. The number of anilines is 1. The molecule has 1 amide bonds. The molecular formula is C18H16BrFN4O2. The lowest BCUT2D eigenvalue weighted by molar-refractivity contribution is -0.120. The van der Waals surface area contributed by atoms with Crippen molar-refractivity contribution in [2.45, 2.75) is 19.9 Å². The Labute approximate surface area is 157 Å². The number of hydrogen-bond donors (Lipinski definition) is 1. The van der Waals surface area contributed by atoms with Gasteiger partial charge in [0.1, 0.15) is 17.4 Å². The zero-order chi connectivity index (χ0) is 18.8. The molecule has 1 N–H and O–H groups in total. The van der Waals surface area contributed by atoms with E-state index in [0.29, 0.717) is 15.4 Å². The van der Waals surface area contributed by atoms with Gasteiger partial charge in [0.15, 0.2) is 0 Å². The number of halogens is 2. The molecule has 1 unspecified atom stereocenters. The average Bonchev–Trinajstić information content (AvgIpc) is 2.59.